The number of fused-ring (bicyclic) bond motifs is 2. The Bertz CT molecular complexity index is 1160. The quantitative estimate of drug-likeness (QED) is 0.643. The van der Waals surface area contributed by atoms with Gasteiger partial charge in [-0.25, -0.2) is 4.79 Å². The second-order valence-corrected chi connectivity index (χ2v) is 8.31. The molecule has 6 nitrogen and oxygen atoms in total. The zero-order chi connectivity index (χ0) is 20.5. The van der Waals surface area contributed by atoms with E-state index in [1.165, 1.54) is 17.4 Å². The number of thiophene rings is 1. The fraction of sp³-hybridized carbons (Fsp3) is 0.318. The number of ether oxygens (including phenoxy) is 1. The lowest BCUT2D eigenvalue weighted by atomic mass is 9.88. The summed E-state index contributed by atoms with van der Waals surface area (Å²) >= 11 is 1.40. The number of hydrogen-bond donors (Lipinski definition) is 1. The number of nitrogens with one attached hydrogen (secondary N) is 1. The van der Waals surface area contributed by atoms with Gasteiger partial charge in [-0.05, 0) is 49.8 Å². The SMILES string of the molecule is CCOC(=O)c1c(NC(=O)c2cc(=O)c3ccccc3o2)sc2c1CCC(C)C2. The van der Waals surface area contributed by atoms with Gasteiger partial charge in [0.1, 0.15) is 10.6 Å². The van der Waals surface area contributed by atoms with Crippen LogP contribution in [0.25, 0.3) is 11.0 Å². The summed E-state index contributed by atoms with van der Waals surface area (Å²) in [6.45, 7) is 4.18. The second-order valence-electron chi connectivity index (χ2n) is 7.20. The Hall–Kier alpha value is -2.93. The second kappa shape index (κ2) is 7.83. The van der Waals surface area contributed by atoms with Gasteiger partial charge in [0.15, 0.2) is 11.2 Å². The highest BCUT2D eigenvalue weighted by Crippen LogP contribution is 2.40. The molecule has 4 rings (SSSR count). The van der Waals surface area contributed by atoms with E-state index in [-0.39, 0.29) is 17.8 Å². The maximum atomic E-state index is 12.8. The minimum atomic E-state index is -0.565. The maximum Gasteiger partial charge on any atom is 0.341 e. The number of rotatable bonds is 4. The van der Waals surface area contributed by atoms with Crippen LogP contribution >= 0.6 is 11.3 Å². The molecule has 1 amide bonds. The highest BCUT2D eigenvalue weighted by atomic mass is 32.1. The number of carbonyl (C=O) groups is 2. The first-order valence-electron chi connectivity index (χ1n) is 9.63. The van der Waals surface area contributed by atoms with Crippen LogP contribution < -0.4 is 10.7 Å². The monoisotopic (exact) mass is 411 g/mol. The Morgan fingerprint density at radius 3 is 2.90 bits per heavy atom. The van der Waals surface area contributed by atoms with Gasteiger partial charge in [-0.15, -0.1) is 11.3 Å². The Balaban J connectivity index is 1.71. The normalized spacial score (nSPS) is 15.7. The van der Waals surface area contributed by atoms with Gasteiger partial charge in [0.2, 0.25) is 0 Å². The molecule has 29 heavy (non-hydrogen) atoms. The van der Waals surface area contributed by atoms with Gasteiger partial charge in [0.25, 0.3) is 5.91 Å². The van der Waals surface area contributed by atoms with Crippen LogP contribution in [0.5, 0.6) is 0 Å². The van der Waals surface area contributed by atoms with Gasteiger partial charge < -0.3 is 14.5 Å². The smallest absolute Gasteiger partial charge is 0.341 e. The lowest BCUT2D eigenvalue weighted by molar-refractivity contribution is 0.0526. The van der Waals surface area contributed by atoms with Gasteiger partial charge in [0.05, 0.1) is 17.6 Å². The summed E-state index contributed by atoms with van der Waals surface area (Å²) in [5.41, 5.74) is 1.44. The Morgan fingerprint density at radius 2 is 2.10 bits per heavy atom. The van der Waals surface area contributed by atoms with Crippen LogP contribution in [0.3, 0.4) is 0 Å². The molecule has 1 N–H and O–H groups in total. The van der Waals surface area contributed by atoms with E-state index in [2.05, 4.69) is 12.2 Å². The van der Waals surface area contributed by atoms with E-state index < -0.39 is 11.9 Å². The summed E-state index contributed by atoms with van der Waals surface area (Å²) < 4.78 is 10.8. The molecule has 1 unspecified atom stereocenters. The first-order chi connectivity index (χ1) is 14.0. The average Bonchev–Trinajstić information content (AvgIpc) is 3.05. The van der Waals surface area contributed by atoms with Crippen molar-refractivity contribution in [3.63, 3.8) is 0 Å². The van der Waals surface area contributed by atoms with E-state index in [0.717, 1.165) is 29.7 Å². The van der Waals surface area contributed by atoms with Crippen molar-refractivity contribution in [1.29, 1.82) is 0 Å². The third-order valence-corrected chi connectivity index (χ3v) is 6.25. The van der Waals surface area contributed by atoms with Gasteiger partial charge in [-0.2, -0.15) is 0 Å². The van der Waals surface area contributed by atoms with Crippen molar-refractivity contribution in [2.75, 3.05) is 11.9 Å². The fourth-order valence-electron chi connectivity index (χ4n) is 3.64. The number of carbonyl (C=O) groups excluding carboxylic acids is 2. The van der Waals surface area contributed by atoms with Crippen molar-refractivity contribution < 1.29 is 18.7 Å². The van der Waals surface area contributed by atoms with E-state index in [0.29, 0.717) is 27.5 Å². The van der Waals surface area contributed by atoms with Crippen LogP contribution in [0.15, 0.2) is 39.5 Å². The van der Waals surface area contributed by atoms with Crippen LogP contribution in [-0.2, 0) is 17.6 Å². The molecular weight excluding hydrogens is 390 g/mol. The van der Waals surface area contributed by atoms with E-state index in [4.69, 9.17) is 9.15 Å². The molecule has 0 radical (unpaired) electrons. The highest BCUT2D eigenvalue weighted by Gasteiger charge is 2.29. The summed E-state index contributed by atoms with van der Waals surface area (Å²) in [6.07, 6.45) is 2.64. The fourth-order valence-corrected chi connectivity index (χ4v) is 5.03. The summed E-state index contributed by atoms with van der Waals surface area (Å²) in [5.74, 6) is -0.568. The van der Waals surface area contributed by atoms with Crippen LogP contribution in [0.4, 0.5) is 5.00 Å². The van der Waals surface area contributed by atoms with Crippen molar-refractivity contribution >= 4 is 39.2 Å². The van der Waals surface area contributed by atoms with Gasteiger partial charge in [0, 0.05) is 10.9 Å². The molecule has 0 saturated carbocycles. The molecule has 7 heteroatoms. The van der Waals surface area contributed by atoms with Crippen molar-refractivity contribution in [3.05, 3.63) is 62.3 Å². The molecule has 1 aromatic carbocycles. The van der Waals surface area contributed by atoms with Crippen LogP contribution in [0, 0.1) is 5.92 Å². The maximum absolute atomic E-state index is 12.8. The first-order valence-corrected chi connectivity index (χ1v) is 10.5. The number of hydrogen-bond acceptors (Lipinski definition) is 6. The Kier molecular flexibility index (Phi) is 5.24. The number of esters is 1. The zero-order valence-electron chi connectivity index (χ0n) is 16.2. The molecule has 0 bridgehead atoms. The largest absolute Gasteiger partial charge is 0.462 e. The Morgan fingerprint density at radius 1 is 1.31 bits per heavy atom. The van der Waals surface area contributed by atoms with Crippen molar-refractivity contribution in [2.45, 2.75) is 33.1 Å². The number of amides is 1. The van der Waals surface area contributed by atoms with Gasteiger partial charge in [-0.3, -0.25) is 9.59 Å². The van der Waals surface area contributed by atoms with Crippen molar-refractivity contribution in [2.24, 2.45) is 5.92 Å². The van der Waals surface area contributed by atoms with E-state index in [1.807, 2.05) is 0 Å². The molecule has 0 saturated heterocycles. The van der Waals surface area contributed by atoms with E-state index in [1.54, 1.807) is 31.2 Å². The number of anilines is 1. The highest BCUT2D eigenvalue weighted by molar-refractivity contribution is 7.17. The standard InChI is InChI=1S/C22H21NO5S/c1-3-27-22(26)19-14-9-8-12(2)10-18(14)29-21(19)23-20(25)17-11-15(24)13-6-4-5-7-16(13)28-17/h4-7,11-12H,3,8-10H2,1-2H3,(H,23,25). The summed E-state index contributed by atoms with van der Waals surface area (Å²) in [5, 5.41) is 3.64. The van der Waals surface area contributed by atoms with Gasteiger partial charge >= 0.3 is 5.97 Å². The predicted octanol–water partition coefficient (Wildman–Crippen LogP) is 4.41. The first kappa shape index (κ1) is 19.4. The lowest BCUT2D eigenvalue weighted by Gasteiger charge is -2.18. The zero-order valence-corrected chi connectivity index (χ0v) is 17.1. The third-order valence-electron chi connectivity index (χ3n) is 5.08. The molecule has 2 aromatic heterocycles. The van der Waals surface area contributed by atoms with Gasteiger partial charge in [-0.1, -0.05) is 19.1 Å². The molecule has 2 heterocycles. The molecule has 1 aliphatic rings. The summed E-state index contributed by atoms with van der Waals surface area (Å²) in [6, 6.07) is 7.94. The minimum Gasteiger partial charge on any atom is -0.462 e. The van der Waals surface area contributed by atoms with Crippen LogP contribution in [0.1, 0.15) is 51.6 Å². The summed E-state index contributed by atoms with van der Waals surface area (Å²) in [7, 11) is 0. The molecular formula is C22H21NO5S. The molecule has 0 fully saturated rings. The molecule has 1 aliphatic carbocycles. The lowest BCUT2D eigenvalue weighted by Crippen LogP contribution is -2.17. The molecule has 0 spiro atoms. The molecule has 3 aromatic rings. The Labute approximate surface area is 171 Å². The van der Waals surface area contributed by atoms with Crippen molar-refractivity contribution in [3.8, 4) is 0 Å². The molecule has 1 atom stereocenters. The number of benzene rings is 1. The average molecular weight is 411 g/mol. The van der Waals surface area contributed by atoms with Crippen LogP contribution in [0.2, 0.25) is 0 Å². The predicted molar refractivity (Wildman–Crippen MR) is 112 cm³/mol. The molecule has 0 aliphatic heterocycles. The van der Waals surface area contributed by atoms with Crippen molar-refractivity contribution in [1.82, 2.24) is 0 Å². The number of para-hydroxylation sites is 1. The van der Waals surface area contributed by atoms with E-state index in [9.17, 15) is 14.4 Å². The molecule has 150 valence electrons. The topological polar surface area (TPSA) is 85.6 Å². The minimum absolute atomic E-state index is 0.0942. The van der Waals surface area contributed by atoms with Crippen LogP contribution in [-0.4, -0.2) is 18.5 Å². The van der Waals surface area contributed by atoms with E-state index >= 15 is 0 Å². The summed E-state index contributed by atoms with van der Waals surface area (Å²) in [4.78, 5) is 38.8. The third kappa shape index (κ3) is 3.70.